The molecular weight excluding hydrogens is 408 g/mol. The van der Waals surface area contributed by atoms with Crippen LogP contribution in [0.2, 0.25) is 0 Å². The third-order valence-corrected chi connectivity index (χ3v) is 4.82. The Bertz CT molecular complexity index is 848. The zero-order valence-corrected chi connectivity index (χ0v) is 14.5. The van der Waals surface area contributed by atoms with E-state index in [1.165, 1.54) is 0 Å². The fraction of sp³-hybridized carbons (Fsp3) is 0.417. The van der Waals surface area contributed by atoms with Crippen molar-refractivity contribution in [3.63, 3.8) is 0 Å². The van der Waals surface area contributed by atoms with E-state index < -0.39 is 27.6 Å². The van der Waals surface area contributed by atoms with E-state index in [2.05, 4.69) is 36.5 Å². The first-order valence-electron chi connectivity index (χ1n) is 6.88. The van der Waals surface area contributed by atoms with E-state index in [1.54, 1.807) is 6.07 Å². The molecule has 12 heteroatoms. The van der Waals surface area contributed by atoms with Crippen molar-refractivity contribution in [2.24, 2.45) is 4.99 Å². The van der Waals surface area contributed by atoms with Crippen molar-refractivity contribution in [1.82, 2.24) is 15.6 Å². The molecular formula is C12H13BrN4O6S. The Kier molecular flexibility index (Phi) is 4.13. The lowest BCUT2D eigenvalue weighted by Crippen LogP contribution is -2.38. The van der Waals surface area contributed by atoms with Crippen LogP contribution in [0.1, 0.15) is 22.5 Å². The van der Waals surface area contributed by atoms with Gasteiger partial charge in [-0.05, 0) is 22.0 Å². The van der Waals surface area contributed by atoms with Crippen LogP contribution in [0.25, 0.3) is 0 Å². The summed E-state index contributed by atoms with van der Waals surface area (Å²) in [7, 11) is -4.18. The molecule has 4 N–H and O–H groups in total. The average Bonchev–Trinajstić information content (AvgIpc) is 2.96. The van der Waals surface area contributed by atoms with E-state index in [1.807, 2.05) is 0 Å². The highest BCUT2D eigenvalue weighted by atomic mass is 79.9. The monoisotopic (exact) mass is 420 g/mol. The first-order valence-corrected chi connectivity index (χ1v) is 9.29. The van der Waals surface area contributed by atoms with Gasteiger partial charge in [0.05, 0.1) is 16.9 Å². The van der Waals surface area contributed by atoms with Gasteiger partial charge in [-0.2, -0.15) is 8.42 Å². The number of nitrogens with zero attached hydrogens (tertiary/aromatic N) is 1. The van der Waals surface area contributed by atoms with E-state index in [0.717, 1.165) is 0 Å². The highest BCUT2D eigenvalue weighted by Gasteiger charge is 2.51. The smallest absolute Gasteiger partial charge is 0.414 e. The summed E-state index contributed by atoms with van der Waals surface area (Å²) in [6.07, 6.45) is -0.530. The summed E-state index contributed by atoms with van der Waals surface area (Å²) < 4.78 is 36.4. The van der Waals surface area contributed by atoms with Crippen molar-refractivity contribution >= 4 is 43.9 Å². The summed E-state index contributed by atoms with van der Waals surface area (Å²) in [4.78, 5) is 30.8. The molecule has 24 heavy (non-hydrogen) atoms. The van der Waals surface area contributed by atoms with Gasteiger partial charge in [0.1, 0.15) is 5.69 Å². The normalized spacial score (nSPS) is 25.2. The molecule has 130 valence electrons. The second-order valence-electron chi connectivity index (χ2n) is 5.27. The molecule has 0 aliphatic carbocycles. The third kappa shape index (κ3) is 3.03. The number of rotatable bonds is 3. The zero-order chi connectivity index (χ0) is 17.5. The van der Waals surface area contributed by atoms with Crippen molar-refractivity contribution in [2.75, 3.05) is 18.8 Å². The SMILES string of the molecule is O=C1NC(=NCCS(=O)(=O)O)[C@]2(CCNC(=O)c3[nH]c(Br)cc32)O1. The number of carbonyl (C=O) groups is 2. The Balaban J connectivity index is 2.05. The van der Waals surface area contributed by atoms with Gasteiger partial charge in [-0.25, -0.2) is 4.79 Å². The molecule has 1 aromatic rings. The van der Waals surface area contributed by atoms with Gasteiger partial charge < -0.3 is 15.0 Å². The maximum atomic E-state index is 12.1. The van der Waals surface area contributed by atoms with Gasteiger partial charge in [-0.1, -0.05) is 0 Å². The van der Waals surface area contributed by atoms with Crippen LogP contribution in [0.3, 0.4) is 0 Å². The maximum Gasteiger partial charge on any atom is 0.414 e. The molecule has 2 aliphatic heterocycles. The van der Waals surface area contributed by atoms with Crippen LogP contribution >= 0.6 is 15.9 Å². The predicted molar refractivity (Wildman–Crippen MR) is 85.5 cm³/mol. The summed E-state index contributed by atoms with van der Waals surface area (Å²) >= 11 is 3.24. The third-order valence-electron chi connectivity index (χ3n) is 3.70. The molecule has 3 heterocycles. The molecule has 1 atom stereocenters. The minimum atomic E-state index is -4.18. The van der Waals surface area contributed by atoms with Crippen LogP contribution < -0.4 is 10.6 Å². The molecule has 0 radical (unpaired) electrons. The zero-order valence-electron chi connectivity index (χ0n) is 12.1. The molecule has 10 nitrogen and oxygen atoms in total. The van der Waals surface area contributed by atoms with Crippen molar-refractivity contribution in [2.45, 2.75) is 12.0 Å². The van der Waals surface area contributed by atoms with E-state index >= 15 is 0 Å². The van der Waals surface area contributed by atoms with E-state index in [0.29, 0.717) is 10.2 Å². The minimum absolute atomic E-state index is 0.0976. The summed E-state index contributed by atoms with van der Waals surface area (Å²) in [6.45, 7) is -0.0346. The van der Waals surface area contributed by atoms with Crippen LogP contribution in [0.4, 0.5) is 4.79 Å². The number of halogens is 1. The Morgan fingerprint density at radius 1 is 1.42 bits per heavy atom. The van der Waals surface area contributed by atoms with Crippen molar-refractivity contribution in [3.8, 4) is 0 Å². The number of hydrogen-bond acceptors (Lipinski definition) is 6. The van der Waals surface area contributed by atoms with Crippen LogP contribution in [0.15, 0.2) is 15.7 Å². The molecule has 0 aromatic carbocycles. The first-order chi connectivity index (χ1) is 11.2. The van der Waals surface area contributed by atoms with Gasteiger partial charge in [0.25, 0.3) is 16.0 Å². The first kappa shape index (κ1) is 16.9. The summed E-state index contributed by atoms with van der Waals surface area (Å²) in [5, 5.41) is 5.12. The molecule has 0 bridgehead atoms. The summed E-state index contributed by atoms with van der Waals surface area (Å²) in [5.41, 5.74) is -0.695. The number of amidine groups is 1. The lowest BCUT2D eigenvalue weighted by Gasteiger charge is -2.25. The Morgan fingerprint density at radius 2 is 2.17 bits per heavy atom. The summed E-state index contributed by atoms with van der Waals surface area (Å²) in [6, 6.07) is 1.61. The molecule has 1 saturated heterocycles. The minimum Gasteiger partial charge on any atom is -0.429 e. The van der Waals surface area contributed by atoms with Crippen molar-refractivity contribution in [1.29, 1.82) is 0 Å². The number of alkyl carbamates (subject to hydrolysis) is 1. The average molecular weight is 421 g/mol. The Hall–Kier alpha value is -1.92. The Labute approximate surface area is 144 Å². The topological polar surface area (TPSA) is 150 Å². The number of ether oxygens (including phenoxy) is 1. The number of nitrogens with one attached hydrogen (secondary N) is 3. The maximum absolute atomic E-state index is 12.1. The fourth-order valence-corrected chi connectivity index (χ4v) is 3.47. The molecule has 2 amide bonds. The van der Waals surface area contributed by atoms with Crippen LogP contribution in [-0.2, 0) is 20.5 Å². The van der Waals surface area contributed by atoms with Gasteiger partial charge in [0.15, 0.2) is 11.4 Å². The van der Waals surface area contributed by atoms with Crippen molar-refractivity contribution < 1.29 is 27.3 Å². The molecule has 0 saturated carbocycles. The standard InChI is InChI=1S/C12H13BrN4O6S/c13-7-5-6-8(16-7)9(18)14-2-1-12(6)10(17-11(19)23-12)15-3-4-24(20,21)22/h5,16H,1-4H2,(H,14,18)(H,15,17,19)(H,20,21,22)/t12-/m1/s1. The molecule has 1 aromatic heterocycles. The largest absolute Gasteiger partial charge is 0.429 e. The van der Waals surface area contributed by atoms with Crippen LogP contribution in [-0.4, -0.2) is 54.6 Å². The number of aliphatic imine (C=N–C) groups is 1. The molecule has 0 unspecified atom stereocenters. The van der Waals surface area contributed by atoms with Gasteiger partial charge in [-0.3, -0.25) is 19.7 Å². The van der Waals surface area contributed by atoms with E-state index in [-0.39, 0.29) is 36.9 Å². The van der Waals surface area contributed by atoms with Crippen LogP contribution in [0.5, 0.6) is 0 Å². The van der Waals surface area contributed by atoms with Gasteiger partial charge in [0, 0.05) is 18.5 Å². The number of carbonyl (C=O) groups excluding carboxylic acids is 2. The number of aromatic amines is 1. The number of H-pyrrole nitrogens is 1. The number of aromatic nitrogens is 1. The molecule has 1 spiro atoms. The van der Waals surface area contributed by atoms with Gasteiger partial charge >= 0.3 is 6.09 Å². The quantitative estimate of drug-likeness (QED) is 0.510. The van der Waals surface area contributed by atoms with Crippen LogP contribution in [0, 0.1) is 0 Å². The van der Waals surface area contributed by atoms with Crippen molar-refractivity contribution in [3.05, 3.63) is 21.9 Å². The second-order valence-corrected chi connectivity index (χ2v) is 7.70. The number of fused-ring (bicyclic) bond motifs is 2. The van der Waals surface area contributed by atoms with Gasteiger partial charge in [0.2, 0.25) is 0 Å². The number of hydrogen-bond donors (Lipinski definition) is 4. The van der Waals surface area contributed by atoms with E-state index in [9.17, 15) is 18.0 Å². The number of amides is 2. The van der Waals surface area contributed by atoms with E-state index in [4.69, 9.17) is 9.29 Å². The lowest BCUT2D eigenvalue weighted by atomic mass is 9.90. The molecule has 2 aliphatic rings. The molecule has 1 fully saturated rings. The van der Waals surface area contributed by atoms with Gasteiger partial charge in [-0.15, -0.1) is 0 Å². The summed E-state index contributed by atoms with van der Waals surface area (Å²) in [5.74, 6) is -0.850. The fourth-order valence-electron chi connectivity index (χ4n) is 2.72. The predicted octanol–water partition coefficient (Wildman–Crippen LogP) is 0.132. The lowest BCUT2D eigenvalue weighted by molar-refractivity contribution is 0.0784. The Morgan fingerprint density at radius 3 is 2.88 bits per heavy atom. The molecule has 3 rings (SSSR count). The highest BCUT2D eigenvalue weighted by molar-refractivity contribution is 9.10. The highest BCUT2D eigenvalue weighted by Crippen LogP contribution is 2.39. The second kappa shape index (κ2) is 5.86.